The van der Waals surface area contributed by atoms with E-state index in [1.165, 1.54) is 0 Å². The molecular formula is C20H15N3. The van der Waals surface area contributed by atoms with Gasteiger partial charge in [-0.1, -0.05) is 54.6 Å². The number of fused-ring (bicyclic) bond motifs is 1. The average molecular weight is 297 g/mol. The molecule has 0 saturated heterocycles. The standard InChI is InChI=1S/C20H15N3/c1-14-11-12-18(22-19(14)15-7-3-2-4-8-15)20-21-13-16-9-5-6-10-17(16)23-20/h2-13H,1H3. The van der Waals surface area contributed by atoms with Gasteiger partial charge in [0.1, 0.15) is 5.69 Å². The molecular weight excluding hydrogens is 282 g/mol. The van der Waals surface area contributed by atoms with Crippen molar-refractivity contribution in [2.75, 3.05) is 0 Å². The number of nitrogens with zero attached hydrogens (tertiary/aromatic N) is 3. The minimum atomic E-state index is 0.654. The molecule has 0 radical (unpaired) electrons. The smallest absolute Gasteiger partial charge is 0.178 e. The summed E-state index contributed by atoms with van der Waals surface area (Å²) in [5.41, 5.74) is 4.94. The predicted octanol–water partition coefficient (Wildman–Crippen LogP) is 4.67. The number of aryl methyl sites for hydroxylation is 1. The van der Waals surface area contributed by atoms with Crippen LogP contribution < -0.4 is 0 Å². The van der Waals surface area contributed by atoms with Crippen molar-refractivity contribution in [3.05, 3.63) is 78.5 Å². The molecule has 0 aliphatic carbocycles. The van der Waals surface area contributed by atoms with Gasteiger partial charge in [-0.3, -0.25) is 0 Å². The predicted molar refractivity (Wildman–Crippen MR) is 92.9 cm³/mol. The van der Waals surface area contributed by atoms with Crippen LogP contribution in [0.15, 0.2) is 72.9 Å². The molecule has 0 aliphatic heterocycles. The van der Waals surface area contributed by atoms with E-state index < -0.39 is 0 Å². The zero-order valence-corrected chi connectivity index (χ0v) is 12.8. The highest BCUT2D eigenvalue weighted by atomic mass is 14.9. The molecule has 0 saturated carbocycles. The van der Waals surface area contributed by atoms with E-state index in [0.717, 1.165) is 33.4 Å². The van der Waals surface area contributed by atoms with Gasteiger partial charge in [-0.15, -0.1) is 0 Å². The molecule has 4 rings (SSSR count). The maximum Gasteiger partial charge on any atom is 0.178 e. The molecule has 0 N–H and O–H groups in total. The number of pyridine rings is 1. The van der Waals surface area contributed by atoms with Crippen molar-refractivity contribution < 1.29 is 0 Å². The molecule has 23 heavy (non-hydrogen) atoms. The number of aromatic nitrogens is 3. The fraction of sp³-hybridized carbons (Fsp3) is 0.0500. The Labute approximate surface area is 134 Å². The molecule has 2 heterocycles. The van der Waals surface area contributed by atoms with E-state index in [9.17, 15) is 0 Å². The Kier molecular flexibility index (Phi) is 3.31. The maximum absolute atomic E-state index is 4.79. The lowest BCUT2D eigenvalue weighted by Crippen LogP contribution is -1.95. The number of hydrogen-bond donors (Lipinski definition) is 0. The van der Waals surface area contributed by atoms with E-state index >= 15 is 0 Å². The third-order valence-corrected chi connectivity index (χ3v) is 3.86. The average Bonchev–Trinajstić information content (AvgIpc) is 2.62. The summed E-state index contributed by atoms with van der Waals surface area (Å²) < 4.78 is 0. The summed E-state index contributed by atoms with van der Waals surface area (Å²) in [6.45, 7) is 2.07. The lowest BCUT2D eigenvalue weighted by Gasteiger charge is -2.08. The van der Waals surface area contributed by atoms with Gasteiger partial charge in [-0.05, 0) is 24.6 Å². The second-order valence-corrected chi connectivity index (χ2v) is 5.48. The Bertz CT molecular complexity index is 978. The van der Waals surface area contributed by atoms with Crippen molar-refractivity contribution in [1.29, 1.82) is 0 Å². The molecule has 0 fully saturated rings. The van der Waals surface area contributed by atoms with Crippen LogP contribution in [-0.4, -0.2) is 15.0 Å². The monoisotopic (exact) mass is 297 g/mol. The van der Waals surface area contributed by atoms with E-state index in [2.05, 4.69) is 35.1 Å². The number of benzene rings is 2. The molecule has 2 aromatic heterocycles. The van der Waals surface area contributed by atoms with Gasteiger partial charge >= 0.3 is 0 Å². The first-order chi connectivity index (χ1) is 11.3. The van der Waals surface area contributed by atoms with Gasteiger partial charge in [-0.2, -0.15) is 0 Å². The highest BCUT2D eigenvalue weighted by molar-refractivity contribution is 5.79. The molecule has 0 spiro atoms. The first kappa shape index (κ1) is 13.6. The van der Waals surface area contributed by atoms with Crippen molar-refractivity contribution in [2.24, 2.45) is 0 Å². The van der Waals surface area contributed by atoms with Crippen molar-refractivity contribution >= 4 is 10.9 Å². The second kappa shape index (κ2) is 5.61. The summed E-state index contributed by atoms with van der Waals surface area (Å²) in [4.78, 5) is 13.9. The first-order valence-corrected chi connectivity index (χ1v) is 7.56. The minimum Gasteiger partial charge on any atom is -0.244 e. The molecule has 2 aromatic carbocycles. The van der Waals surface area contributed by atoms with E-state index in [-0.39, 0.29) is 0 Å². The third kappa shape index (κ3) is 2.57. The van der Waals surface area contributed by atoms with Gasteiger partial charge < -0.3 is 0 Å². The lowest BCUT2D eigenvalue weighted by atomic mass is 10.1. The summed E-state index contributed by atoms with van der Waals surface area (Å²) in [5.74, 6) is 0.654. The fourth-order valence-corrected chi connectivity index (χ4v) is 2.64. The van der Waals surface area contributed by atoms with Gasteiger partial charge in [0.05, 0.1) is 11.2 Å². The largest absolute Gasteiger partial charge is 0.244 e. The zero-order chi connectivity index (χ0) is 15.6. The number of rotatable bonds is 2. The summed E-state index contributed by atoms with van der Waals surface area (Å²) in [7, 11) is 0. The van der Waals surface area contributed by atoms with Crippen LogP contribution in [0, 0.1) is 6.92 Å². The Morgan fingerprint density at radius 3 is 2.39 bits per heavy atom. The van der Waals surface area contributed by atoms with Gasteiger partial charge in [0.25, 0.3) is 0 Å². The first-order valence-electron chi connectivity index (χ1n) is 7.56. The summed E-state index contributed by atoms with van der Waals surface area (Å²) in [6.07, 6.45) is 1.85. The van der Waals surface area contributed by atoms with E-state index in [0.29, 0.717) is 5.82 Å². The van der Waals surface area contributed by atoms with Crippen LogP contribution in [0.1, 0.15) is 5.56 Å². The molecule has 4 aromatic rings. The molecule has 0 atom stereocenters. The van der Waals surface area contributed by atoms with Gasteiger partial charge in [0.15, 0.2) is 5.82 Å². The number of para-hydroxylation sites is 1. The Balaban J connectivity index is 1.85. The van der Waals surface area contributed by atoms with Crippen LogP contribution in [0.25, 0.3) is 33.7 Å². The van der Waals surface area contributed by atoms with Crippen LogP contribution in [0.4, 0.5) is 0 Å². The third-order valence-electron chi connectivity index (χ3n) is 3.86. The maximum atomic E-state index is 4.79. The highest BCUT2D eigenvalue weighted by Gasteiger charge is 2.09. The van der Waals surface area contributed by atoms with Gasteiger partial charge in [0.2, 0.25) is 0 Å². The van der Waals surface area contributed by atoms with Crippen molar-refractivity contribution in [2.45, 2.75) is 6.92 Å². The zero-order valence-electron chi connectivity index (χ0n) is 12.8. The Morgan fingerprint density at radius 2 is 1.52 bits per heavy atom. The van der Waals surface area contributed by atoms with Crippen molar-refractivity contribution in [1.82, 2.24) is 15.0 Å². The molecule has 0 bridgehead atoms. The number of hydrogen-bond acceptors (Lipinski definition) is 3. The summed E-state index contributed by atoms with van der Waals surface area (Å²) in [5, 5.41) is 1.03. The Hall–Kier alpha value is -3.07. The summed E-state index contributed by atoms with van der Waals surface area (Å²) >= 11 is 0. The van der Waals surface area contributed by atoms with Crippen LogP contribution in [0.3, 0.4) is 0 Å². The van der Waals surface area contributed by atoms with E-state index in [1.54, 1.807) is 0 Å². The van der Waals surface area contributed by atoms with E-state index in [4.69, 9.17) is 4.98 Å². The fourth-order valence-electron chi connectivity index (χ4n) is 2.64. The van der Waals surface area contributed by atoms with Crippen molar-refractivity contribution in [3.63, 3.8) is 0 Å². The van der Waals surface area contributed by atoms with Crippen molar-refractivity contribution in [3.8, 4) is 22.8 Å². The molecule has 0 aliphatic rings. The molecule has 0 amide bonds. The normalized spacial score (nSPS) is 10.8. The summed E-state index contributed by atoms with van der Waals surface area (Å²) in [6, 6.07) is 22.2. The van der Waals surface area contributed by atoms with Crippen LogP contribution >= 0.6 is 0 Å². The van der Waals surface area contributed by atoms with Crippen LogP contribution in [0.5, 0.6) is 0 Å². The van der Waals surface area contributed by atoms with Crippen LogP contribution in [-0.2, 0) is 0 Å². The quantitative estimate of drug-likeness (QED) is 0.540. The molecule has 3 heteroatoms. The molecule has 110 valence electrons. The van der Waals surface area contributed by atoms with Crippen LogP contribution in [0.2, 0.25) is 0 Å². The topological polar surface area (TPSA) is 38.7 Å². The van der Waals surface area contributed by atoms with Gasteiger partial charge in [0, 0.05) is 17.1 Å². The SMILES string of the molecule is Cc1ccc(-c2ncc3ccccc3n2)nc1-c1ccccc1. The molecule has 3 nitrogen and oxygen atoms in total. The second-order valence-electron chi connectivity index (χ2n) is 5.48. The van der Waals surface area contributed by atoms with E-state index in [1.807, 2.05) is 54.7 Å². The lowest BCUT2D eigenvalue weighted by molar-refractivity contribution is 1.17. The Morgan fingerprint density at radius 1 is 0.739 bits per heavy atom. The minimum absolute atomic E-state index is 0.654. The highest BCUT2D eigenvalue weighted by Crippen LogP contribution is 2.24. The molecule has 0 unspecified atom stereocenters. The van der Waals surface area contributed by atoms with Gasteiger partial charge in [-0.25, -0.2) is 15.0 Å².